The molecule has 222 valence electrons. The predicted molar refractivity (Wildman–Crippen MR) is 161 cm³/mol. The van der Waals surface area contributed by atoms with Gasteiger partial charge in [0.25, 0.3) is 0 Å². The van der Waals surface area contributed by atoms with E-state index in [9.17, 15) is 13.2 Å². The number of benzene rings is 3. The van der Waals surface area contributed by atoms with Crippen molar-refractivity contribution in [3.05, 3.63) is 71.3 Å². The van der Waals surface area contributed by atoms with Crippen molar-refractivity contribution in [2.75, 3.05) is 37.1 Å². The van der Waals surface area contributed by atoms with Gasteiger partial charge in [-0.1, -0.05) is 24.3 Å². The second-order valence-electron chi connectivity index (χ2n) is 10.4. The van der Waals surface area contributed by atoms with Gasteiger partial charge in [0.1, 0.15) is 26.9 Å². The van der Waals surface area contributed by atoms with Gasteiger partial charge >= 0.3 is 12.0 Å². The highest BCUT2D eigenvalue weighted by Gasteiger charge is 2.26. The lowest BCUT2D eigenvalue weighted by molar-refractivity contribution is -0.137. The van der Waals surface area contributed by atoms with Gasteiger partial charge in [0, 0.05) is 36.0 Å². The number of hydrogen-bond donors (Lipinski definition) is 2. The third-order valence-corrected chi connectivity index (χ3v) is 8.29. The third kappa shape index (κ3) is 6.46. The molecule has 0 amide bonds. The Bertz CT molecular complexity index is 1720. The zero-order valence-electron chi connectivity index (χ0n) is 23.9. The lowest BCUT2D eigenvalue weighted by Gasteiger charge is -2.16. The first-order valence-electron chi connectivity index (χ1n) is 13.9. The molecule has 2 heterocycles. The summed E-state index contributed by atoms with van der Waals surface area (Å²) in [4.78, 5) is 15.9. The van der Waals surface area contributed by atoms with Gasteiger partial charge < -0.3 is 24.6 Å². The van der Waals surface area contributed by atoms with Crippen molar-refractivity contribution in [1.82, 2.24) is 9.55 Å². The number of para-hydroxylation sites is 1. The van der Waals surface area contributed by atoms with Gasteiger partial charge in [0.15, 0.2) is 0 Å². The van der Waals surface area contributed by atoms with E-state index in [1.54, 1.807) is 0 Å². The summed E-state index contributed by atoms with van der Waals surface area (Å²) in [6.45, 7) is 5.59. The van der Waals surface area contributed by atoms with Crippen LogP contribution in [-0.2, 0) is 21.2 Å². The maximum Gasteiger partial charge on any atom is 0.304 e. The Hall–Kier alpha value is -4.25. The average Bonchev–Trinajstić information content (AvgIpc) is 3.51. The number of hydrogen-bond acceptors (Lipinski definition) is 8. The minimum atomic E-state index is -3.06. The van der Waals surface area contributed by atoms with E-state index in [2.05, 4.69) is 18.3 Å². The monoisotopic (exact) mass is 593 g/mol. The number of carboxylic acids is 1. The van der Waals surface area contributed by atoms with Gasteiger partial charge in [0.2, 0.25) is 0 Å². The van der Waals surface area contributed by atoms with E-state index in [-0.39, 0.29) is 24.7 Å². The molecule has 1 aromatic heterocycles. The summed E-state index contributed by atoms with van der Waals surface area (Å²) < 4.78 is 42.6. The molecule has 0 fully saturated rings. The molecule has 2 N–H and O–H groups in total. The van der Waals surface area contributed by atoms with Gasteiger partial charge in [-0.05, 0) is 55.7 Å². The molecule has 0 saturated heterocycles. The Balaban J connectivity index is 1.39. The molecule has 0 saturated carbocycles. The van der Waals surface area contributed by atoms with E-state index in [4.69, 9.17) is 24.3 Å². The molecule has 3 aromatic carbocycles. The number of sulfone groups is 1. The first-order chi connectivity index (χ1) is 20.1. The largest absolute Gasteiger partial charge is 0.493 e. The molecule has 11 heteroatoms. The third-order valence-electron chi connectivity index (χ3n) is 7.26. The lowest BCUT2D eigenvalue weighted by atomic mass is 9.98. The molecule has 1 aliphatic rings. The van der Waals surface area contributed by atoms with Crippen LogP contribution in [0.5, 0.6) is 17.5 Å². The number of aromatic nitrogens is 2. The van der Waals surface area contributed by atoms with Crippen LogP contribution in [0.2, 0.25) is 0 Å². The molecule has 0 bridgehead atoms. The number of imidazole rings is 1. The molecule has 1 aliphatic heterocycles. The van der Waals surface area contributed by atoms with Crippen LogP contribution >= 0.6 is 0 Å². The van der Waals surface area contributed by atoms with E-state index >= 15 is 0 Å². The van der Waals surface area contributed by atoms with Crippen LogP contribution in [0.3, 0.4) is 0 Å². The summed E-state index contributed by atoms with van der Waals surface area (Å²) in [5, 5.41) is 12.6. The highest BCUT2D eigenvalue weighted by molar-refractivity contribution is 7.90. The van der Waals surface area contributed by atoms with Gasteiger partial charge in [-0.2, -0.15) is 4.98 Å². The number of nitrogens with zero attached hydrogens (tertiary/aromatic N) is 2. The fourth-order valence-electron chi connectivity index (χ4n) is 5.20. The number of rotatable bonds is 13. The van der Waals surface area contributed by atoms with Crippen molar-refractivity contribution in [1.29, 1.82) is 0 Å². The van der Waals surface area contributed by atoms with Crippen molar-refractivity contribution in [3.8, 4) is 23.2 Å². The summed E-state index contributed by atoms with van der Waals surface area (Å²) >= 11 is 0. The van der Waals surface area contributed by atoms with E-state index in [0.717, 1.165) is 39.3 Å². The van der Waals surface area contributed by atoms with Crippen molar-refractivity contribution >= 4 is 32.5 Å². The molecule has 1 unspecified atom stereocenters. The van der Waals surface area contributed by atoms with Crippen molar-refractivity contribution < 1.29 is 32.5 Å². The summed E-state index contributed by atoms with van der Waals surface area (Å²) in [7, 11) is -3.06. The second-order valence-corrected chi connectivity index (χ2v) is 12.7. The highest BCUT2D eigenvalue weighted by atomic mass is 32.2. The zero-order chi connectivity index (χ0) is 29.9. The summed E-state index contributed by atoms with van der Waals surface area (Å²) in [5.41, 5.74) is 6.31. The first-order valence-corrected chi connectivity index (χ1v) is 16.0. The fraction of sp³-hybridized carbons (Fsp3) is 0.355. The summed E-state index contributed by atoms with van der Waals surface area (Å²) in [6.07, 6.45) is 1.66. The van der Waals surface area contributed by atoms with Crippen LogP contribution in [-0.4, -0.2) is 60.9 Å². The Labute approximate surface area is 245 Å². The number of carboxylic acid groups (broad SMARTS) is 1. The molecular weight excluding hydrogens is 558 g/mol. The van der Waals surface area contributed by atoms with Crippen LogP contribution in [0, 0.1) is 6.92 Å². The average molecular weight is 594 g/mol. The fourth-order valence-corrected chi connectivity index (χ4v) is 5.84. The number of nitrogens with one attached hydrogen (secondary N) is 1. The Morgan fingerprint density at radius 3 is 2.74 bits per heavy atom. The van der Waals surface area contributed by atoms with Gasteiger partial charge in [-0.25, -0.2) is 8.42 Å². The molecule has 5 rings (SSSR count). The first kappa shape index (κ1) is 29.2. The van der Waals surface area contributed by atoms with Crippen molar-refractivity contribution in [3.63, 3.8) is 0 Å². The Morgan fingerprint density at radius 1 is 1.17 bits per heavy atom. The van der Waals surface area contributed by atoms with Gasteiger partial charge in [-0.3, -0.25) is 9.36 Å². The van der Waals surface area contributed by atoms with E-state index in [1.807, 2.05) is 60.0 Å². The highest BCUT2D eigenvalue weighted by Crippen LogP contribution is 2.38. The predicted octanol–water partition coefficient (Wildman–Crippen LogP) is 5.11. The van der Waals surface area contributed by atoms with Gasteiger partial charge in [0.05, 0.1) is 43.2 Å². The Morgan fingerprint density at radius 2 is 1.98 bits per heavy atom. The number of ether oxygens (including phenoxy) is 3. The van der Waals surface area contributed by atoms with Crippen LogP contribution in [0.4, 0.5) is 5.69 Å². The van der Waals surface area contributed by atoms with Gasteiger partial charge in [-0.15, -0.1) is 0 Å². The van der Waals surface area contributed by atoms with Crippen LogP contribution in [0.15, 0.2) is 54.6 Å². The molecule has 42 heavy (non-hydrogen) atoms. The Kier molecular flexibility index (Phi) is 8.58. The second kappa shape index (κ2) is 12.3. The summed E-state index contributed by atoms with van der Waals surface area (Å²) in [6, 6.07) is 18.0. The lowest BCUT2D eigenvalue weighted by Crippen LogP contribution is -2.08. The van der Waals surface area contributed by atoms with Crippen molar-refractivity contribution in [2.45, 2.75) is 39.2 Å². The smallest absolute Gasteiger partial charge is 0.304 e. The molecule has 0 spiro atoms. The number of aliphatic carboxylic acids is 1. The SMILES string of the molecule is CCOc1nc2c(OCCCS(C)(=O)=O)cccc2n1-c1cccc(CNc2ccc3c(c2)OCC3CC(=O)O)c1C. The van der Waals surface area contributed by atoms with E-state index in [1.165, 1.54) is 6.26 Å². The minimum absolute atomic E-state index is 0.0508. The topological polar surface area (TPSA) is 129 Å². The maximum absolute atomic E-state index is 11.5. The maximum atomic E-state index is 11.5. The molecule has 0 radical (unpaired) electrons. The number of carbonyl (C=O) groups is 1. The van der Waals surface area contributed by atoms with E-state index < -0.39 is 15.8 Å². The summed E-state index contributed by atoms with van der Waals surface area (Å²) in [5.74, 6) is 0.387. The molecular formula is C31H35N3O7S. The normalized spacial score (nSPS) is 14.4. The zero-order valence-corrected chi connectivity index (χ0v) is 24.7. The van der Waals surface area contributed by atoms with Crippen molar-refractivity contribution in [2.24, 2.45) is 0 Å². The van der Waals surface area contributed by atoms with E-state index in [0.29, 0.717) is 43.5 Å². The number of fused-ring (bicyclic) bond motifs is 2. The molecule has 0 aliphatic carbocycles. The molecule has 10 nitrogen and oxygen atoms in total. The van der Waals surface area contributed by atoms with Crippen LogP contribution < -0.4 is 19.5 Å². The quantitative estimate of drug-likeness (QED) is 0.203. The minimum Gasteiger partial charge on any atom is -0.493 e. The standard InChI is InChI=1S/C31H35N3O7S/c1-4-39-31-33-30-26(10-6-11-27(30)40-14-7-15-42(3,37)38)34(31)25-9-5-8-21(20(25)2)18-32-23-12-13-24-22(16-29(35)36)19-41-28(24)17-23/h5-6,8-13,17,22,32H,4,7,14-16,18-19H2,1-3H3,(H,35,36). The molecule has 4 aromatic rings. The molecule has 1 atom stereocenters. The van der Waals surface area contributed by atoms with Crippen LogP contribution in [0.1, 0.15) is 42.4 Å². The number of anilines is 1. The van der Waals surface area contributed by atoms with Crippen LogP contribution in [0.25, 0.3) is 16.7 Å².